The molecule has 2 unspecified atom stereocenters. The van der Waals surface area contributed by atoms with Gasteiger partial charge in [-0.3, -0.25) is 14.5 Å². The van der Waals surface area contributed by atoms with Gasteiger partial charge in [-0.25, -0.2) is 15.0 Å². The van der Waals surface area contributed by atoms with E-state index in [0.29, 0.717) is 35.3 Å². The van der Waals surface area contributed by atoms with E-state index in [2.05, 4.69) is 38.9 Å². The van der Waals surface area contributed by atoms with Crippen molar-refractivity contribution >= 4 is 34.1 Å². The van der Waals surface area contributed by atoms with Crippen molar-refractivity contribution in [1.29, 1.82) is 0 Å². The molecule has 0 radical (unpaired) electrons. The highest BCUT2D eigenvalue weighted by Gasteiger charge is 2.44. The molecule has 2 atom stereocenters. The van der Waals surface area contributed by atoms with Crippen molar-refractivity contribution in [2.45, 2.75) is 84.0 Å². The van der Waals surface area contributed by atoms with Gasteiger partial charge in [0.15, 0.2) is 5.78 Å². The van der Waals surface area contributed by atoms with E-state index in [-0.39, 0.29) is 22.9 Å². The average Bonchev–Trinajstić information content (AvgIpc) is 3.62. The molecule has 3 fully saturated rings. The summed E-state index contributed by atoms with van der Waals surface area (Å²) in [4.78, 5) is 44.7. The zero-order chi connectivity index (χ0) is 25.8. The van der Waals surface area contributed by atoms with Crippen LogP contribution in [0.1, 0.15) is 74.8 Å². The first-order valence-electron chi connectivity index (χ1n) is 13.5. The Balaban J connectivity index is 1.28. The highest BCUT2D eigenvalue weighted by atomic mass is 16.1. The van der Waals surface area contributed by atoms with Crippen molar-refractivity contribution < 1.29 is 4.79 Å². The Kier molecular flexibility index (Phi) is 5.98. The number of pyridine rings is 2. The van der Waals surface area contributed by atoms with E-state index >= 15 is 0 Å². The predicted molar refractivity (Wildman–Crippen MR) is 145 cm³/mol. The van der Waals surface area contributed by atoms with Gasteiger partial charge in [0, 0.05) is 54.9 Å². The van der Waals surface area contributed by atoms with Gasteiger partial charge in [0.1, 0.15) is 17.5 Å². The van der Waals surface area contributed by atoms with Crippen molar-refractivity contribution in [2.24, 2.45) is 0 Å². The molecule has 1 saturated carbocycles. The van der Waals surface area contributed by atoms with Crippen LogP contribution in [0.5, 0.6) is 0 Å². The summed E-state index contributed by atoms with van der Waals surface area (Å²) in [7, 11) is 0. The third-order valence-corrected chi connectivity index (χ3v) is 8.53. The van der Waals surface area contributed by atoms with Crippen LogP contribution in [0.15, 0.2) is 29.5 Å². The molecule has 37 heavy (non-hydrogen) atoms. The zero-order valence-electron chi connectivity index (χ0n) is 22.1. The Morgan fingerprint density at radius 3 is 2.38 bits per heavy atom. The first kappa shape index (κ1) is 24.0. The zero-order valence-corrected chi connectivity index (χ0v) is 22.1. The molecule has 9 heteroatoms. The Bertz CT molecular complexity index is 1410. The van der Waals surface area contributed by atoms with Gasteiger partial charge in [-0.05, 0) is 52.5 Å². The van der Waals surface area contributed by atoms with Gasteiger partial charge in [0.25, 0.3) is 5.56 Å². The van der Waals surface area contributed by atoms with E-state index in [4.69, 9.17) is 4.98 Å². The first-order valence-corrected chi connectivity index (χ1v) is 13.5. The van der Waals surface area contributed by atoms with Crippen LogP contribution < -0.4 is 15.8 Å². The van der Waals surface area contributed by atoms with Crippen LogP contribution in [-0.2, 0) is 0 Å². The Labute approximate surface area is 216 Å². The van der Waals surface area contributed by atoms with Crippen LogP contribution >= 0.6 is 0 Å². The van der Waals surface area contributed by atoms with E-state index in [1.54, 1.807) is 12.4 Å². The summed E-state index contributed by atoms with van der Waals surface area (Å²) in [5.74, 6) is 1.92. The summed E-state index contributed by atoms with van der Waals surface area (Å²) < 4.78 is 1.83. The molecule has 3 aliphatic rings. The highest BCUT2D eigenvalue weighted by molar-refractivity contribution is 6.00. The molecule has 1 aliphatic carbocycles. The topological polar surface area (TPSA) is 96.2 Å². The molecule has 194 valence electrons. The number of hydrogen-bond donors (Lipinski definition) is 1. The summed E-state index contributed by atoms with van der Waals surface area (Å²) >= 11 is 0. The number of nitrogens with zero attached hydrogens (tertiary/aromatic N) is 6. The lowest BCUT2D eigenvalue weighted by Gasteiger charge is -2.36. The van der Waals surface area contributed by atoms with Gasteiger partial charge in [-0.1, -0.05) is 12.8 Å². The van der Waals surface area contributed by atoms with Gasteiger partial charge in [0.05, 0.1) is 23.5 Å². The van der Waals surface area contributed by atoms with Crippen molar-refractivity contribution in [2.75, 3.05) is 23.3 Å². The molecule has 2 bridgehead atoms. The number of Topliss-reactive ketones (excluding diaryl/α,β-unsaturated/α-hetero) is 1. The minimum Gasteiger partial charge on any atom is -0.349 e. The van der Waals surface area contributed by atoms with E-state index in [1.165, 1.54) is 13.3 Å². The Hall–Kier alpha value is -3.33. The number of rotatable bonds is 6. The molecule has 5 heterocycles. The standard InChI is InChI=1S/C28H35N7O2/c1-16(2)33-14-21-9-20(33)15-34(21)26-13-30-25(12-31-26)32-24-10-23-22(11-29-24)17(3)27(18(4)36)28(37)35(23)19-7-5-6-8-19/h10-13,16,19-21H,5-9,14-15H2,1-4H3,(H,29,30,32). The third kappa shape index (κ3) is 4.09. The molecule has 2 saturated heterocycles. The van der Waals surface area contributed by atoms with Crippen LogP contribution in [0.4, 0.5) is 17.5 Å². The third-order valence-electron chi connectivity index (χ3n) is 8.53. The number of nitrogens with one attached hydrogen (secondary N) is 1. The second-order valence-electron chi connectivity index (χ2n) is 11.1. The Morgan fingerprint density at radius 2 is 1.76 bits per heavy atom. The summed E-state index contributed by atoms with van der Waals surface area (Å²) in [5.41, 5.74) is 1.59. The molecule has 0 amide bonds. The minimum absolute atomic E-state index is 0.102. The van der Waals surface area contributed by atoms with Gasteiger partial charge >= 0.3 is 0 Å². The summed E-state index contributed by atoms with van der Waals surface area (Å²) in [6.45, 7) is 9.92. The van der Waals surface area contributed by atoms with E-state index in [0.717, 1.165) is 55.5 Å². The smallest absolute Gasteiger partial charge is 0.262 e. The number of carbonyl (C=O) groups is 1. The summed E-state index contributed by atoms with van der Waals surface area (Å²) in [6, 6.07) is 3.67. The minimum atomic E-state index is -0.197. The number of likely N-dealkylation sites (tertiary alicyclic amines) is 1. The van der Waals surface area contributed by atoms with Gasteiger partial charge in [0.2, 0.25) is 0 Å². The lowest BCUT2D eigenvalue weighted by molar-refractivity contribution is 0.101. The van der Waals surface area contributed by atoms with Crippen LogP contribution in [0, 0.1) is 6.92 Å². The molecular weight excluding hydrogens is 466 g/mol. The number of anilines is 3. The fourth-order valence-corrected chi connectivity index (χ4v) is 6.74. The monoisotopic (exact) mass is 501 g/mol. The second-order valence-corrected chi connectivity index (χ2v) is 11.1. The number of aromatic nitrogens is 4. The molecular formula is C28H35N7O2. The number of aryl methyl sites for hydroxylation is 1. The van der Waals surface area contributed by atoms with Gasteiger partial charge < -0.3 is 14.8 Å². The SMILES string of the molecule is CC(=O)c1c(C)c2cnc(Nc3cnc(N4CC5CC4CN5C(C)C)cn3)cc2n(C2CCCC2)c1=O. The van der Waals surface area contributed by atoms with Gasteiger partial charge in [-0.2, -0.15) is 0 Å². The van der Waals surface area contributed by atoms with Crippen LogP contribution in [0.2, 0.25) is 0 Å². The molecule has 9 nitrogen and oxygen atoms in total. The largest absolute Gasteiger partial charge is 0.349 e. The fourth-order valence-electron chi connectivity index (χ4n) is 6.74. The van der Waals surface area contributed by atoms with Crippen LogP contribution in [0.3, 0.4) is 0 Å². The normalized spacial score (nSPS) is 22.0. The number of piperazine rings is 1. The number of hydrogen-bond acceptors (Lipinski definition) is 8. The maximum atomic E-state index is 13.4. The van der Waals surface area contributed by atoms with E-state index < -0.39 is 0 Å². The first-order chi connectivity index (χ1) is 17.8. The number of ketones is 1. The van der Waals surface area contributed by atoms with Crippen molar-refractivity contribution in [3.8, 4) is 0 Å². The molecule has 2 aliphatic heterocycles. The summed E-state index contributed by atoms with van der Waals surface area (Å²) in [6.07, 6.45) is 10.6. The maximum Gasteiger partial charge on any atom is 0.262 e. The molecule has 3 aromatic rings. The van der Waals surface area contributed by atoms with Crippen molar-refractivity contribution in [3.63, 3.8) is 0 Å². The number of fused-ring (bicyclic) bond motifs is 3. The highest BCUT2D eigenvalue weighted by Crippen LogP contribution is 2.35. The number of carbonyl (C=O) groups excluding carboxylic acids is 1. The maximum absolute atomic E-state index is 13.4. The van der Waals surface area contributed by atoms with E-state index in [9.17, 15) is 9.59 Å². The average molecular weight is 502 g/mol. The molecule has 0 spiro atoms. The lowest BCUT2D eigenvalue weighted by Crippen LogP contribution is -2.49. The van der Waals surface area contributed by atoms with Gasteiger partial charge in [-0.15, -0.1) is 0 Å². The predicted octanol–water partition coefficient (Wildman–Crippen LogP) is 4.23. The van der Waals surface area contributed by atoms with Crippen LogP contribution in [0.25, 0.3) is 10.9 Å². The molecule has 6 rings (SSSR count). The van der Waals surface area contributed by atoms with Crippen LogP contribution in [-0.4, -0.2) is 61.4 Å². The Morgan fingerprint density at radius 1 is 1.00 bits per heavy atom. The van der Waals surface area contributed by atoms with Crippen molar-refractivity contribution in [1.82, 2.24) is 24.4 Å². The van der Waals surface area contributed by atoms with Crippen molar-refractivity contribution in [3.05, 3.63) is 46.1 Å². The molecule has 0 aromatic carbocycles. The molecule has 3 aromatic heterocycles. The second kappa shape index (κ2) is 9.20. The fraction of sp³-hybridized carbons (Fsp3) is 0.536. The molecule has 1 N–H and O–H groups in total. The quantitative estimate of drug-likeness (QED) is 0.502. The van der Waals surface area contributed by atoms with E-state index in [1.807, 2.05) is 23.8 Å². The lowest BCUT2D eigenvalue weighted by atomic mass is 10.0. The summed E-state index contributed by atoms with van der Waals surface area (Å²) in [5, 5.41) is 4.11.